The van der Waals surface area contributed by atoms with Gasteiger partial charge in [0.05, 0.1) is 25.3 Å². The monoisotopic (exact) mass is 269 g/mol. The van der Waals surface area contributed by atoms with Crippen LogP contribution < -0.4 is 9.47 Å². The zero-order valence-corrected chi connectivity index (χ0v) is 11.2. The molecule has 2 aromatic rings. The fraction of sp³-hybridized carbons (Fsp3) is 0.188. The molecule has 0 spiro atoms. The Hall–Kier alpha value is -2.51. The normalized spacial score (nSPS) is 9.85. The van der Waals surface area contributed by atoms with Crippen LogP contribution in [-0.2, 0) is 13.2 Å². The molecule has 4 nitrogen and oxygen atoms in total. The third kappa shape index (κ3) is 3.28. The SMILES string of the molecule is COc1ccc(OCc2cccc(C#N)c2)c(CO)c1. The molecule has 0 fully saturated rings. The molecule has 1 N–H and O–H groups in total. The quantitative estimate of drug-likeness (QED) is 0.906. The first-order valence-electron chi connectivity index (χ1n) is 6.16. The number of aliphatic hydroxyl groups excluding tert-OH is 1. The highest BCUT2D eigenvalue weighted by Crippen LogP contribution is 2.25. The summed E-state index contributed by atoms with van der Waals surface area (Å²) < 4.78 is 10.8. The summed E-state index contributed by atoms with van der Waals surface area (Å²) in [5.74, 6) is 1.28. The summed E-state index contributed by atoms with van der Waals surface area (Å²) in [6, 6.07) is 14.6. The first-order chi connectivity index (χ1) is 9.76. The first kappa shape index (κ1) is 13.9. The Morgan fingerprint density at radius 2 is 2.05 bits per heavy atom. The van der Waals surface area contributed by atoms with Crippen LogP contribution in [0, 0.1) is 11.3 Å². The van der Waals surface area contributed by atoms with Crippen LogP contribution in [0.3, 0.4) is 0 Å². The number of hydrogen-bond donors (Lipinski definition) is 1. The minimum absolute atomic E-state index is 0.120. The summed E-state index contributed by atoms with van der Waals surface area (Å²) in [6.45, 7) is 0.222. The van der Waals surface area contributed by atoms with E-state index in [9.17, 15) is 5.11 Å². The minimum atomic E-state index is -0.120. The molecule has 0 saturated carbocycles. The molecule has 0 radical (unpaired) electrons. The number of hydrogen-bond acceptors (Lipinski definition) is 4. The number of methoxy groups -OCH3 is 1. The molecule has 0 amide bonds. The van der Waals surface area contributed by atoms with Gasteiger partial charge in [-0.15, -0.1) is 0 Å². The predicted octanol–water partition coefficient (Wildman–Crippen LogP) is 2.64. The van der Waals surface area contributed by atoms with Crippen LogP contribution in [0.15, 0.2) is 42.5 Å². The van der Waals surface area contributed by atoms with E-state index in [0.717, 1.165) is 5.56 Å². The van der Waals surface area contributed by atoms with Gasteiger partial charge in [-0.05, 0) is 35.9 Å². The topological polar surface area (TPSA) is 62.5 Å². The van der Waals surface area contributed by atoms with Crippen LogP contribution in [0.4, 0.5) is 0 Å². The number of ether oxygens (including phenoxy) is 2. The summed E-state index contributed by atoms with van der Waals surface area (Å²) >= 11 is 0. The molecule has 0 unspecified atom stereocenters. The highest BCUT2D eigenvalue weighted by molar-refractivity contribution is 5.40. The lowest BCUT2D eigenvalue weighted by Gasteiger charge is -2.11. The Balaban J connectivity index is 2.12. The standard InChI is InChI=1S/C16H15NO3/c1-19-15-5-6-16(14(8-15)10-18)20-11-13-4-2-3-12(7-13)9-17/h2-8,18H,10-11H2,1H3. The number of nitriles is 1. The van der Waals surface area contributed by atoms with Gasteiger partial charge in [-0.25, -0.2) is 0 Å². The van der Waals surface area contributed by atoms with Crippen molar-refractivity contribution in [1.82, 2.24) is 0 Å². The minimum Gasteiger partial charge on any atom is -0.497 e. The third-order valence-corrected chi connectivity index (χ3v) is 2.89. The Morgan fingerprint density at radius 3 is 2.75 bits per heavy atom. The lowest BCUT2D eigenvalue weighted by Crippen LogP contribution is -1.99. The molecule has 0 heterocycles. The summed E-state index contributed by atoms with van der Waals surface area (Å²) in [5, 5.41) is 18.2. The maximum absolute atomic E-state index is 9.34. The maximum atomic E-state index is 9.34. The Kier molecular flexibility index (Phi) is 4.59. The fourth-order valence-corrected chi connectivity index (χ4v) is 1.84. The van der Waals surface area contributed by atoms with E-state index in [0.29, 0.717) is 29.2 Å². The second kappa shape index (κ2) is 6.60. The molecule has 20 heavy (non-hydrogen) atoms. The van der Waals surface area contributed by atoms with Gasteiger partial charge >= 0.3 is 0 Å². The van der Waals surface area contributed by atoms with Crippen molar-refractivity contribution in [2.45, 2.75) is 13.2 Å². The molecule has 0 saturated heterocycles. The lowest BCUT2D eigenvalue weighted by molar-refractivity contribution is 0.258. The van der Waals surface area contributed by atoms with Gasteiger partial charge in [0.1, 0.15) is 18.1 Å². The zero-order valence-electron chi connectivity index (χ0n) is 11.2. The van der Waals surface area contributed by atoms with Crippen LogP contribution in [0.2, 0.25) is 0 Å². The van der Waals surface area contributed by atoms with E-state index in [-0.39, 0.29) is 6.61 Å². The summed E-state index contributed by atoms with van der Waals surface area (Å²) in [5.41, 5.74) is 2.17. The van der Waals surface area contributed by atoms with Gasteiger partial charge in [0.25, 0.3) is 0 Å². The molecule has 2 rings (SSSR count). The molecular formula is C16H15NO3. The van der Waals surface area contributed by atoms with Crippen LogP contribution >= 0.6 is 0 Å². The molecule has 102 valence electrons. The lowest BCUT2D eigenvalue weighted by atomic mass is 10.1. The van der Waals surface area contributed by atoms with Crippen LogP contribution in [0.25, 0.3) is 0 Å². The van der Waals surface area contributed by atoms with E-state index in [1.807, 2.05) is 12.1 Å². The van der Waals surface area contributed by atoms with Gasteiger partial charge in [0, 0.05) is 5.56 Å². The molecule has 0 aliphatic rings. The zero-order chi connectivity index (χ0) is 14.4. The van der Waals surface area contributed by atoms with Crippen molar-refractivity contribution in [3.05, 3.63) is 59.2 Å². The van der Waals surface area contributed by atoms with Crippen LogP contribution in [0.5, 0.6) is 11.5 Å². The Bertz CT molecular complexity index is 632. The van der Waals surface area contributed by atoms with E-state index in [1.54, 1.807) is 37.4 Å². The maximum Gasteiger partial charge on any atom is 0.125 e. The van der Waals surface area contributed by atoms with Crippen molar-refractivity contribution >= 4 is 0 Å². The molecule has 0 aliphatic carbocycles. The van der Waals surface area contributed by atoms with E-state index in [2.05, 4.69) is 6.07 Å². The average molecular weight is 269 g/mol. The van der Waals surface area contributed by atoms with E-state index in [1.165, 1.54) is 0 Å². The second-order valence-corrected chi connectivity index (χ2v) is 4.23. The van der Waals surface area contributed by atoms with Gasteiger partial charge in [0.15, 0.2) is 0 Å². The smallest absolute Gasteiger partial charge is 0.125 e. The first-order valence-corrected chi connectivity index (χ1v) is 6.16. The summed E-state index contributed by atoms with van der Waals surface area (Å²) in [6.07, 6.45) is 0. The molecule has 0 aromatic heterocycles. The van der Waals surface area contributed by atoms with Gasteiger partial charge in [-0.2, -0.15) is 5.26 Å². The van der Waals surface area contributed by atoms with E-state index < -0.39 is 0 Å². The summed E-state index contributed by atoms with van der Waals surface area (Å²) in [4.78, 5) is 0. The number of aliphatic hydroxyl groups is 1. The van der Waals surface area contributed by atoms with Gasteiger partial charge in [0.2, 0.25) is 0 Å². The van der Waals surface area contributed by atoms with Crippen LogP contribution in [-0.4, -0.2) is 12.2 Å². The highest BCUT2D eigenvalue weighted by atomic mass is 16.5. The highest BCUT2D eigenvalue weighted by Gasteiger charge is 2.05. The van der Waals surface area contributed by atoms with Crippen molar-refractivity contribution in [1.29, 1.82) is 5.26 Å². The largest absolute Gasteiger partial charge is 0.497 e. The van der Waals surface area contributed by atoms with Gasteiger partial charge < -0.3 is 14.6 Å². The van der Waals surface area contributed by atoms with Crippen molar-refractivity contribution in [3.8, 4) is 17.6 Å². The van der Waals surface area contributed by atoms with Crippen molar-refractivity contribution in [3.63, 3.8) is 0 Å². The number of rotatable bonds is 5. The molecule has 4 heteroatoms. The summed E-state index contributed by atoms with van der Waals surface area (Å²) in [7, 11) is 1.57. The van der Waals surface area contributed by atoms with Gasteiger partial charge in [-0.1, -0.05) is 12.1 Å². The Labute approximate surface area is 117 Å². The molecule has 0 bridgehead atoms. The number of benzene rings is 2. The van der Waals surface area contributed by atoms with Gasteiger partial charge in [-0.3, -0.25) is 0 Å². The van der Waals surface area contributed by atoms with Crippen molar-refractivity contribution < 1.29 is 14.6 Å². The second-order valence-electron chi connectivity index (χ2n) is 4.23. The molecular weight excluding hydrogens is 254 g/mol. The fourth-order valence-electron chi connectivity index (χ4n) is 1.84. The van der Waals surface area contributed by atoms with E-state index in [4.69, 9.17) is 14.7 Å². The average Bonchev–Trinajstić information content (AvgIpc) is 2.52. The number of nitrogens with zero attached hydrogens (tertiary/aromatic N) is 1. The molecule has 2 aromatic carbocycles. The van der Waals surface area contributed by atoms with Crippen molar-refractivity contribution in [2.75, 3.05) is 7.11 Å². The van der Waals surface area contributed by atoms with Crippen LogP contribution in [0.1, 0.15) is 16.7 Å². The molecule has 0 aliphatic heterocycles. The van der Waals surface area contributed by atoms with E-state index >= 15 is 0 Å². The molecule has 0 atom stereocenters. The third-order valence-electron chi connectivity index (χ3n) is 2.89. The predicted molar refractivity (Wildman–Crippen MR) is 74.4 cm³/mol. The Morgan fingerprint density at radius 1 is 1.20 bits per heavy atom. The van der Waals surface area contributed by atoms with Crippen molar-refractivity contribution in [2.24, 2.45) is 0 Å².